The lowest BCUT2D eigenvalue weighted by Crippen LogP contribution is -1.98. The lowest BCUT2D eigenvalue weighted by atomic mass is 10.2. The van der Waals surface area contributed by atoms with Crippen molar-refractivity contribution in [2.24, 2.45) is 0 Å². The first kappa shape index (κ1) is 9.77. The summed E-state index contributed by atoms with van der Waals surface area (Å²) in [5.41, 5.74) is 3.25. The second kappa shape index (κ2) is 3.77. The summed E-state index contributed by atoms with van der Waals surface area (Å²) in [4.78, 5) is 0. The molecule has 0 bridgehead atoms. The number of ether oxygens (including phenoxy) is 1. The average Bonchev–Trinajstić information content (AvgIpc) is 2.65. The van der Waals surface area contributed by atoms with Crippen molar-refractivity contribution in [2.45, 2.75) is 13.8 Å². The van der Waals surface area contributed by atoms with Crippen LogP contribution < -0.4 is 4.74 Å². The Morgan fingerprint density at radius 2 is 2.00 bits per heavy atom. The minimum Gasteiger partial charge on any atom is -0.497 e. The smallest absolute Gasteiger partial charge is 0.121 e. The Hall–Kier alpha value is -1.77. The Morgan fingerprint density at radius 1 is 1.20 bits per heavy atom. The average molecular weight is 202 g/mol. The van der Waals surface area contributed by atoms with Crippen molar-refractivity contribution < 1.29 is 4.74 Å². The molecule has 0 unspecified atom stereocenters. The van der Waals surface area contributed by atoms with E-state index < -0.39 is 0 Å². The van der Waals surface area contributed by atoms with Gasteiger partial charge in [0.1, 0.15) is 5.75 Å². The second-order valence-corrected chi connectivity index (χ2v) is 3.55. The third kappa shape index (κ3) is 1.86. The van der Waals surface area contributed by atoms with Crippen LogP contribution in [0.4, 0.5) is 0 Å². The van der Waals surface area contributed by atoms with E-state index >= 15 is 0 Å². The predicted octanol–water partition coefficient (Wildman–Crippen LogP) is 2.50. The largest absolute Gasteiger partial charge is 0.497 e. The molecule has 0 atom stereocenters. The van der Waals surface area contributed by atoms with E-state index in [0.29, 0.717) is 0 Å². The van der Waals surface area contributed by atoms with Crippen LogP contribution in [-0.2, 0) is 0 Å². The van der Waals surface area contributed by atoms with E-state index in [2.05, 4.69) is 12.0 Å². The van der Waals surface area contributed by atoms with Gasteiger partial charge in [0.25, 0.3) is 0 Å². The Kier molecular flexibility index (Phi) is 2.46. The summed E-state index contributed by atoms with van der Waals surface area (Å²) in [6, 6.07) is 7.96. The van der Waals surface area contributed by atoms with Crippen LogP contribution in [0.1, 0.15) is 11.3 Å². The minimum absolute atomic E-state index is 0.851. The van der Waals surface area contributed by atoms with Gasteiger partial charge in [0.05, 0.1) is 18.5 Å². The highest BCUT2D eigenvalue weighted by molar-refractivity contribution is 5.45. The topological polar surface area (TPSA) is 27.1 Å². The van der Waals surface area contributed by atoms with Crippen molar-refractivity contribution in [3.63, 3.8) is 0 Å². The normalized spacial score (nSPS) is 10.3. The maximum Gasteiger partial charge on any atom is 0.121 e. The summed E-state index contributed by atoms with van der Waals surface area (Å²) in [5.74, 6) is 0.851. The molecule has 0 aliphatic carbocycles. The molecule has 0 radical (unpaired) electrons. The fourth-order valence-electron chi connectivity index (χ4n) is 1.51. The lowest BCUT2D eigenvalue weighted by molar-refractivity contribution is 0.414. The first-order valence-electron chi connectivity index (χ1n) is 4.88. The molecule has 0 saturated carbocycles. The first-order valence-corrected chi connectivity index (χ1v) is 4.88. The summed E-state index contributed by atoms with van der Waals surface area (Å²) < 4.78 is 7.07. The number of nitrogens with zero attached hydrogens (tertiary/aromatic N) is 2. The van der Waals surface area contributed by atoms with Crippen molar-refractivity contribution >= 4 is 0 Å². The summed E-state index contributed by atoms with van der Waals surface area (Å²) in [5, 5.41) is 4.38. The molecule has 0 aliphatic rings. The van der Waals surface area contributed by atoms with Gasteiger partial charge in [-0.2, -0.15) is 5.10 Å². The summed E-state index contributed by atoms with van der Waals surface area (Å²) in [6.07, 6.45) is 1.96. The van der Waals surface area contributed by atoms with Gasteiger partial charge in [-0.25, -0.2) is 4.68 Å². The number of hydrogen-bond acceptors (Lipinski definition) is 2. The van der Waals surface area contributed by atoms with Crippen LogP contribution >= 0.6 is 0 Å². The van der Waals surface area contributed by atoms with Crippen LogP contribution in [0.15, 0.2) is 30.5 Å². The molecular weight excluding hydrogens is 188 g/mol. The van der Waals surface area contributed by atoms with Gasteiger partial charge in [-0.05, 0) is 31.5 Å². The van der Waals surface area contributed by atoms with Crippen molar-refractivity contribution in [3.8, 4) is 11.4 Å². The van der Waals surface area contributed by atoms with Crippen molar-refractivity contribution in [2.75, 3.05) is 7.11 Å². The molecule has 1 aromatic heterocycles. The third-order valence-corrected chi connectivity index (χ3v) is 2.39. The Bertz CT molecular complexity index is 474. The molecule has 0 saturated heterocycles. The first-order chi connectivity index (χ1) is 7.20. The van der Waals surface area contributed by atoms with Gasteiger partial charge in [0.2, 0.25) is 0 Å². The van der Waals surface area contributed by atoms with E-state index in [1.807, 2.05) is 42.1 Å². The van der Waals surface area contributed by atoms with Gasteiger partial charge in [-0.1, -0.05) is 6.07 Å². The maximum atomic E-state index is 5.20. The van der Waals surface area contributed by atoms with E-state index in [0.717, 1.165) is 17.1 Å². The molecular formula is C12H14N2O. The molecule has 78 valence electrons. The molecule has 1 aromatic carbocycles. The Balaban J connectivity index is 2.51. The van der Waals surface area contributed by atoms with Crippen LogP contribution in [0.3, 0.4) is 0 Å². The molecule has 0 aliphatic heterocycles. The van der Waals surface area contributed by atoms with E-state index in [4.69, 9.17) is 4.74 Å². The van der Waals surface area contributed by atoms with E-state index in [1.165, 1.54) is 5.56 Å². The highest BCUT2D eigenvalue weighted by Crippen LogP contribution is 2.20. The van der Waals surface area contributed by atoms with Gasteiger partial charge in [0.15, 0.2) is 0 Å². The summed E-state index contributed by atoms with van der Waals surface area (Å²) >= 11 is 0. The predicted molar refractivity (Wildman–Crippen MR) is 59.6 cm³/mol. The van der Waals surface area contributed by atoms with Crippen molar-refractivity contribution in [3.05, 3.63) is 41.7 Å². The van der Waals surface area contributed by atoms with Gasteiger partial charge >= 0.3 is 0 Å². The van der Waals surface area contributed by atoms with Gasteiger partial charge in [-0.15, -0.1) is 0 Å². The number of aryl methyl sites for hydroxylation is 2. The zero-order valence-electron chi connectivity index (χ0n) is 9.19. The zero-order chi connectivity index (χ0) is 10.8. The van der Waals surface area contributed by atoms with Gasteiger partial charge in [-0.3, -0.25) is 0 Å². The summed E-state index contributed by atoms with van der Waals surface area (Å²) in [7, 11) is 1.67. The van der Waals surface area contributed by atoms with E-state index in [-0.39, 0.29) is 0 Å². The molecule has 0 amide bonds. The molecule has 15 heavy (non-hydrogen) atoms. The van der Waals surface area contributed by atoms with Crippen LogP contribution in [-0.4, -0.2) is 16.9 Å². The van der Waals surface area contributed by atoms with Crippen molar-refractivity contribution in [1.82, 2.24) is 9.78 Å². The molecule has 2 rings (SSSR count). The maximum absolute atomic E-state index is 5.20. The fraction of sp³-hybridized carbons (Fsp3) is 0.250. The molecule has 2 aromatic rings. The Labute approximate surface area is 89.3 Å². The highest BCUT2D eigenvalue weighted by atomic mass is 16.5. The van der Waals surface area contributed by atoms with Crippen LogP contribution in [0.2, 0.25) is 0 Å². The molecule has 3 nitrogen and oxygen atoms in total. The fourth-order valence-corrected chi connectivity index (χ4v) is 1.51. The quantitative estimate of drug-likeness (QED) is 0.748. The Morgan fingerprint density at radius 3 is 2.60 bits per heavy atom. The number of hydrogen-bond donors (Lipinski definition) is 0. The number of rotatable bonds is 2. The van der Waals surface area contributed by atoms with Crippen LogP contribution in [0, 0.1) is 13.8 Å². The van der Waals surface area contributed by atoms with Gasteiger partial charge in [0, 0.05) is 12.3 Å². The molecule has 0 fully saturated rings. The molecule has 0 spiro atoms. The zero-order valence-corrected chi connectivity index (χ0v) is 9.19. The number of methoxy groups -OCH3 is 1. The standard InChI is InChI=1S/C12H14N2O/c1-9-4-5-11(15-3)8-12(9)14-7-6-10(2)13-14/h4-8H,1-3H3. The highest BCUT2D eigenvalue weighted by Gasteiger charge is 2.03. The molecule has 0 N–H and O–H groups in total. The van der Waals surface area contributed by atoms with Gasteiger partial charge < -0.3 is 4.74 Å². The monoisotopic (exact) mass is 202 g/mol. The second-order valence-electron chi connectivity index (χ2n) is 3.55. The van der Waals surface area contributed by atoms with Crippen LogP contribution in [0.5, 0.6) is 5.75 Å². The van der Waals surface area contributed by atoms with E-state index in [9.17, 15) is 0 Å². The van der Waals surface area contributed by atoms with Crippen molar-refractivity contribution in [1.29, 1.82) is 0 Å². The molecule has 1 heterocycles. The number of aromatic nitrogens is 2. The number of benzene rings is 1. The summed E-state index contributed by atoms with van der Waals surface area (Å²) in [6.45, 7) is 4.04. The van der Waals surface area contributed by atoms with E-state index in [1.54, 1.807) is 7.11 Å². The van der Waals surface area contributed by atoms with Crippen LogP contribution in [0.25, 0.3) is 5.69 Å². The third-order valence-electron chi connectivity index (χ3n) is 2.39. The molecule has 3 heteroatoms. The lowest BCUT2D eigenvalue weighted by Gasteiger charge is -2.08. The minimum atomic E-state index is 0.851. The SMILES string of the molecule is COc1ccc(C)c(-n2ccc(C)n2)c1.